The summed E-state index contributed by atoms with van der Waals surface area (Å²) >= 11 is 6.16. The monoisotopic (exact) mass is 453 g/mol. The fourth-order valence-corrected chi connectivity index (χ4v) is 4.55. The molecule has 1 N–H and O–H groups in total. The minimum absolute atomic E-state index is 0.357. The molecule has 0 fully saturated rings. The molecule has 0 amide bonds. The van der Waals surface area contributed by atoms with Crippen LogP contribution in [0.25, 0.3) is 16.8 Å². The molecule has 0 heterocycles. The number of fused-ring (bicyclic) bond motifs is 1. The highest BCUT2D eigenvalue weighted by Gasteiger charge is 2.18. The smallest absolute Gasteiger partial charge is 0.0406 e. The molecule has 0 aromatic heterocycles. The van der Waals surface area contributed by atoms with E-state index in [4.69, 9.17) is 11.6 Å². The third-order valence-corrected chi connectivity index (χ3v) is 6.59. The van der Waals surface area contributed by atoms with E-state index in [2.05, 4.69) is 109 Å². The molecule has 2 heteroatoms. The number of benzene rings is 4. The van der Waals surface area contributed by atoms with E-state index in [1.54, 1.807) is 0 Å². The minimum Gasteiger partial charge on any atom is -0.310 e. The molecule has 0 saturated carbocycles. The zero-order valence-corrected chi connectivity index (χ0v) is 20.0. The Kier molecular flexibility index (Phi) is 8.35. The van der Waals surface area contributed by atoms with Gasteiger partial charge >= 0.3 is 0 Å². The Hall–Kier alpha value is -2.87. The summed E-state index contributed by atoms with van der Waals surface area (Å²) in [7, 11) is 0. The van der Waals surface area contributed by atoms with Crippen LogP contribution in [0.4, 0.5) is 0 Å². The molecule has 0 saturated heterocycles. The molecule has 168 valence electrons. The zero-order chi connectivity index (χ0) is 22.9. The molecular weight excluding hydrogens is 422 g/mol. The quantitative estimate of drug-likeness (QED) is 0.237. The van der Waals surface area contributed by atoms with Crippen LogP contribution in [-0.2, 0) is 6.54 Å². The molecule has 0 spiro atoms. The summed E-state index contributed by atoms with van der Waals surface area (Å²) < 4.78 is 0. The first-order valence-electron chi connectivity index (χ1n) is 11.9. The second kappa shape index (κ2) is 11.8. The Morgan fingerprint density at radius 1 is 0.818 bits per heavy atom. The highest BCUT2D eigenvalue weighted by molar-refractivity contribution is 6.30. The zero-order valence-electron chi connectivity index (χ0n) is 19.3. The van der Waals surface area contributed by atoms with Gasteiger partial charge in [0.1, 0.15) is 0 Å². The molecule has 4 aromatic rings. The molecule has 0 aliphatic rings. The molecule has 33 heavy (non-hydrogen) atoms. The van der Waals surface area contributed by atoms with Crippen LogP contribution in [0.2, 0.25) is 5.02 Å². The molecule has 2 atom stereocenters. The van der Waals surface area contributed by atoms with Crippen molar-refractivity contribution in [3.8, 4) is 0 Å². The predicted octanol–water partition coefficient (Wildman–Crippen LogP) is 8.64. The van der Waals surface area contributed by atoms with Crippen molar-refractivity contribution in [2.75, 3.05) is 0 Å². The van der Waals surface area contributed by atoms with E-state index < -0.39 is 0 Å². The maximum Gasteiger partial charge on any atom is 0.0406 e. The van der Waals surface area contributed by atoms with Crippen molar-refractivity contribution in [3.63, 3.8) is 0 Å². The maximum absolute atomic E-state index is 6.16. The van der Waals surface area contributed by atoms with Crippen LogP contribution in [0.1, 0.15) is 48.8 Å². The number of allylic oxidation sites excluding steroid dienone is 1. The molecule has 4 aromatic carbocycles. The molecular formula is C31H32ClN. The van der Waals surface area contributed by atoms with Crippen molar-refractivity contribution in [2.45, 2.75) is 44.7 Å². The van der Waals surface area contributed by atoms with Gasteiger partial charge in [0.25, 0.3) is 0 Å². The first-order chi connectivity index (χ1) is 16.2. The first kappa shape index (κ1) is 23.3. The average Bonchev–Trinajstić information content (AvgIpc) is 2.86. The summed E-state index contributed by atoms with van der Waals surface area (Å²) in [4.78, 5) is 0. The topological polar surface area (TPSA) is 12.0 Å². The predicted molar refractivity (Wildman–Crippen MR) is 144 cm³/mol. The van der Waals surface area contributed by atoms with Crippen LogP contribution in [0.15, 0.2) is 103 Å². The fourth-order valence-electron chi connectivity index (χ4n) is 4.42. The van der Waals surface area contributed by atoms with Crippen molar-refractivity contribution in [2.24, 2.45) is 0 Å². The molecule has 0 aliphatic heterocycles. The lowest BCUT2D eigenvalue weighted by Crippen LogP contribution is -2.32. The molecule has 0 aliphatic carbocycles. The highest BCUT2D eigenvalue weighted by Crippen LogP contribution is 2.28. The Morgan fingerprint density at radius 3 is 2.33 bits per heavy atom. The van der Waals surface area contributed by atoms with E-state index in [0.29, 0.717) is 12.0 Å². The van der Waals surface area contributed by atoms with Crippen LogP contribution in [0.3, 0.4) is 0 Å². The van der Waals surface area contributed by atoms with Gasteiger partial charge in [0.2, 0.25) is 0 Å². The lowest BCUT2D eigenvalue weighted by molar-refractivity contribution is 0.430. The Labute approximate surface area is 203 Å². The van der Waals surface area contributed by atoms with Gasteiger partial charge in [-0.25, -0.2) is 0 Å². The summed E-state index contributed by atoms with van der Waals surface area (Å²) in [5.41, 5.74) is 3.93. The van der Waals surface area contributed by atoms with Gasteiger partial charge in [-0.3, -0.25) is 0 Å². The van der Waals surface area contributed by atoms with Crippen LogP contribution in [0, 0.1) is 0 Å². The maximum atomic E-state index is 6.16. The van der Waals surface area contributed by atoms with E-state index in [-0.39, 0.29) is 0 Å². The third kappa shape index (κ3) is 6.81. The van der Waals surface area contributed by atoms with Crippen LogP contribution in [0.5, 0.6) is 0 Å². The minimum atomic E-state index is 0.357. The molecule has 1 nitrogen and oxygen atoms in total. The SMILES string of the molecule is CC(NCc1ccc2ccccc2c1)C(CCC/C=C/c1ccccc1)c1ccc(Cl)cc1. The molecule has 0 radical (unpaired) electrons. The van der Waals surface area contributed by atoms with Crippen LogP contribution >= 0.6 is 11.6 Å². The van der Waals surface area contributed by atoms with Gasteiger partial charge in [-0.05, 0) is 77.8 Å². The summed E-state index contributed by atoms with van der Waals surface area (Å²) in [6.07, 6.45) is 7.88. The number of nitrogens with one attached hydrogen (secondary N) is 1. The number of halogens is 1. The molecule has 4 rings (SSSR count). The first-order valence-corrected chi connectivity index (χ1v) is 12.2. The Bertz CT molecular complexity index is 1160. The summed E-state index contributed by atoms with van der Waals surface area (Å²) in [5.74, 6) is 0.438. The Morgan fingerprint density at radius 2 is 1.55 bits per heavy atom. The van der Waals surface area contributed by atoms with Gasteiger partial charge in [-0.2, -0.15) is 0 Å². The molecule has 2 unspecified atom stereocenters. The van der Waals surface area contributed by atoms with E-state index in [1.807, 2.05) is 12.1 Å². The van der Waals surface area contributed by atoms with Gasteiger partial charge in [0, 0.05) is 17.6 Å². The van der Waals surface area contributed by atoms with E-state index in [1.165, 1.54) is 27.5 Å². The summed E-state index contributed by atoms with van der Waals surface area (Å²) in [5, 5.41) is 7.17. The van der Waals surface area contributed by atoms with Crippen molar-refractivity contribution < 1.29 is 0 Å². The van der Waals surface area contributed by atoms with Gasteiger partial charge in [0.05, 0.1) is 0 Å². The van der Waals surface area contributed by atoms with Gasteiger partial charge in [-0.1, -0.05) is 103 Å². The Balaban J connectivity index is 1.38. The van der Waals surface area contributed by atoms with Crippen molar-refractivity contribution in [3.05, 3.63) is 125 Å². The van der Waals surface area contributed by atoms with Gasteiger partial charge < -0.3 is 5.32 Å². The second-order valence-electron chi connectivity index (χ2n) is 8.75. The lowest BCUT2D eigenvalue weighted by Gasteiger charge is -2.26. The normalized spacial score (nSPS) is 13.4. The lowest BCUT2D eigenvalue weighted by atomic mass is 9.87. The number of hydrogen-bond donors (Lipinski definition) is 1. The fraction of sp³-hybridized carbons (Fsp3) is 0.226. The van der Waals surface area contributed by atoms with Gasteiger partial charge in [0.15, 0.2) is 0 Å². The van der Waals surface area contributed by atoms with Crippen molar-refractivity contribution >= 4 is 28.4 Å². The highest BCUT2D eigenvalue weighted by atomic mass is 35.5. The molecule has 0 bridgehead atoms. The third-order valence-electron chi connectivity index (χ3n) is 6.34. The number of rotatable bonds is 10. The summed E-state index contributed by atoms with van der Waals surface area (Å²) in [6, 6.07) is 34.5. The van der Waals surface area contributed by atoms with Crippen LogP contribution < -0.4 is 5.32 Å². The number of unbranched alkanes of at least 4 members (excludes halogenated alkanes) is 1. The van der Waals surface area contributed by atoms with Crippen LogP contribution in [-0.4, -0.2) is 6.04 Å². The average molecular weight is 454 g/mol. The standard InChI is InChI=1S/C31H32ClN/c1-24(33-23-26-16-17-27-13-8-9-14-29(27)22-26)31(28-18-20-30(32)21-19-28)15-7-3-6-12-25-10-4-2-5-11-25/h2,4-6,8-14,16-22,24,31,33H,3,7,15,23H2,1H3/b12-6+. The number of hydrogen-bond acceptors (Lipinski definition) is 1. The van der Waals surface area contributed by atoms with E-state index >= 15 is 0 Å². The largest absolute Gasteiger partial charge is 0.310 e. The summed E-state index contributed by atoms with van der Waals surface area (Å²) in [6.45, 7) is 3.17. The van der Waals surface area contributed by atoms with Crippen molar-refractivity contribution in [1.29, 1.82) is 0 Å². The van der Waals surface area contributed by atoms with Crippen molar-refractivity contribution in [1.82, 2.24) is 5.32 Å². The van der Waals surface area contributed by atoms with Gasteiger partial charge in [-0.15, -0.1) is 0 Å². The second-order valence-corrected chi connectivity index (χ2v) is 9.19. The van der Waals surface area contributed by atoms with E-state index in [9.17, 15) is 0 Å². The van der Waals surface area contributed by atoms with E-state index in [0.717, 1.165) is 30.8 Å².